The molecule has 1 unspecified atom stereocenters. The van der Waals surface area contributed by atoms with Crippen molar-refractivity contribution in [2.45, 2.75) is 6.10 Å². The molecule has 0 spiro atoms. The molecule has 0 heterocycles. The highest BCUT2D eigenvalue weighted by molar-refractivity contribution is 4.54. The molecule has 0 amide bonds. The van der Waals surface area contributed by atoms with Crippen LogP contribution in [0.2, 0.25) is 0 Å². The summed E-state index contributed by atoms with van der Waals surface area (Å²) in [4.78, 5) is 0. The van der Waals surface area contributed by atoms with E-state index in [1.165, 1.54) is 7.11 Å². The Bertz CT molecular complexity index is 60.2. The molecule has 1 atom stereocenters. The van der Waals surface area contributed by atoms with Crippen molar-refractivity contribution in [3.63, 3.8) is 0 Å². The van der Waals surface area contributed by atoms with E-state index in [-0.39, 0.29) is 6.73 Å². The van der Waals surface area contributed by atoms with Crippen LogP contribution in [0.4, 0.5) is 0 Å². The average Bonchev–Trinajstić information content (AvgIpc) is 1.85. The van der Waals surface area contributed by atoms with Gasteiger partial charge in [-0.1, -0.05) is 0 Å². The number of nitrogens with one attached hydrogen (secondary N) is 1. The Balaban J connectivity index is 2.95. The zero-order valence-electron chi connectivity index (χ0n) is 5.50. The molecule has 9 heavy (non-hydrogen) atoms. The predicted octanol–water partition coefficient (Wildman–Crippen LogP) is -1.47. The van der Waals surface area contributed by atoms with E-state index < -0.39 is 6.10 Å². The molecule has 3 N–H and O–H groups in total. The van der Waals surface area contributed by atoms with Gasteiger partial charge in [-0.2, -0.15) is 0 Å². The van der Waals surface area contributed by atoms with Gasteiger partial charge in [-0.25, -0.2) is 0 Å². The lowest BCUT2D eigenvalue weighted by Gasteiger charge is -2.07. The maximum absolute atomic E-state index is 8.88. The van der Waals surface area contributed by atoms with Crippen LogP contribution in [-0.2, 0) is 4.74 Å². The van der Waals surface area contributed by atoms with E-state index in [0.29, 0.717) is 13.2 Å². The molecule has 0 saturated heterocycles. The van der Waals surface area contributed by atoms with Crippen LogP contribution in [-0.4, -0.2) is 43.3 Å². The second kappa shape index (κ2) is 5.97. The second-order valence-electron chi connectivity index (χ2n) is 1.72. The molecular formula is C5H13NO3. The van der Waals surface area contributed by atoms with Crippen LogP contribution in [0.15, 0.2) is 0 Å². The molecular weight excluding hydrogens is 122 g/mol. The smallest absolute Gasteiger partial charge is 0.0932 e. The standard InChI is InChI=1S/C5H13NO3/c1-9-3-5(8)2-6-4-7/h5-8H,2-4H2,1H3. The highest BCUT2D eigenvalue weighted by Crippen LogP contribution is 1.78. The topological polar surface area (TPSA) is 61.7 Å². The number of methoxy groups -OCH3 is 1. The van der Waals surface area contributed by atoms with E-state index in [2.05, 4.69) is 10.1 Å². The van der Waals surface area contributed by atoms with Gasteiger partial charge in [0.1, 0.15) is 0 Å². The Morgan fingerprint density at radius 2 is 2.33 bits per heavy atom. The van der Waals surface area contributed by atoms with Gasteiger partial charge in [-0.3, -0.25) is 5.32 Å². The van der Waals surface area contributed by atoms with Crippen molar-refractivity contribution in [3.8, 4) is 0 Å². The molecule has 0 saturated carbocycles. The Morgan fingerprint density at radius 1 is 1.67 bits per heavy atom. The largest absolute Gasteiger partial charge is 0.389 e. The molecule has 0 aromatic carbocycles. The van der Waals surface area contributed by atoms with Gasteiger partial charge in [-0.05, 0) is 0 Å². The zero-order valence-corrected chi connectivity index (χ0v) is 5.50. The van der Waals surface area contributed by atoms with Crippen LogP contribution in [0.25, 0.3) is 0 Å². The SMILES string of the molecule is COCC(O)CNCO. The van der Waals surface area contributed by atoms with Crippen molar-refractivity contribution in [1.29, 1.82) is 0 Å². The molecule has 0 aliphatic heterocycles. The number of hydrogen-bond donors (Lipinski definition) is 3. The summed E-state index contributed by atoms with van der Waals surface area (Å²) in [6.45, 7) is 0.554. The lowest BCUT2D eigenvalue weighted by atomic mass is 10.4. The number of aliphatic hydroxyl groups is 2. The van der Waals surface area contributed by atoms with Crippen molar-refractivity contribution in [3.05, 3.63) is 0 Å². The number of rotatable bonds is 5. The van der Waals surface area contributed by atoms with Crippen LogP contribution in [0.1, 0.15) is 0 Å². The highest BCUT2D eigenvalue weighted by Gasteiger charge is 1.99. The van der Waals surface area contributed by atoms with Crippen LogP contribution in [0.5, 0.6) is 0 Å². The maximum Gasteiger partial charge on any atom is 0.0932 e. The van der Waals surface area contributed by atoms with Gasteiger partial charge in [-0.15, -0.1) is 0 Å². The molecule has 0 fully saturated rings. The summed E-state index contributed by atoms with van der Waals surface area (Å²) < 4.78 is 4.63. The van der Waals surface area contributed by atoms with Gasteiger partial charge in [0.15, 0.2) is 0 Å². The van der Waals surface area contributed by atoms with E-state index in [1.807, 2.05) is 0 Å². The Hall–Kier alpha value is -0.160. The van der Waals surface area contributed by atoms with Crippen molar-refractivity contribution in [2.24, 2.45) is 0 Å². The van der Waals surface area contributed by atoms with E-state index in [4.69, 9.17) is 10.2 Å². The number of ether oxygens (including phenoxy) is 1. The fourth-order valence-electron chi connectivity index (χ4n) is 0.482. The fraction of sp³-hybridized carbons (Fsp3) is 1.00. The molecule has 4 heteroatoms. The predicted molar refractivity (Wildman–Crippen MR) is 33.0 cm³/mol. The molecule has 0 aliphatic carbocycles. The zero-order chi connectivity index (χ0) is 7.11. The molecule has 0 aromatic rings. The van der Waals surface area contributed by atoms with Gasteiger partial charge in [0, 0.05) is 13.7 Å². The summed E-state index contributed by atoms with van der Waals surface area (Å²) in [6, 6.07) is 0. The summed E-state index contributed by atoms with van der Waals surface area (Å²) in [7, 11) is 1.52. The van der Waals surface area contributed by atoms with Crippen LogP contribution in [0.3, 0.4) is 0 Å². The highest BCUT2D eigenvalue weighted by atomic mass is 16.5. The van der Waals surface area contributed by atoms with E-state index in [1.54, 1.807) is 0 Å². The third kappa shape index (κ3) is 5.72. The van der Waals surface area contributed by atoms with Gasteiger partial charge >= 0.3 is 0 Å². The first-order valence-electron chi connectivity index (χ1n) is 2.79. The average molecular weight is 135 g/mol. The molecule has 56 valence electrons. The van der Waals surface area contributed by atoms with Crippen molar-refractivity contribution < 1.29 is 14.9 Å². The summed E-state index contributed by atoms with van der Waals surface area (Å²) in [5, 5.41) is 19.7. The van der Waals surface area contributed by atoms with Gasteiger partial charge in [0.25, 0.3) is 0 Å². The van der Waals surface area contributed by atoms with E-state index in [9.17, 15) is 0 Å². The van der Waals surface area contributed by atoms with Gasteiger partial charge in [0.2, 0.25) is 0 Å². The molecule has 0 radical (unpaired) electrons. The second-order valence-corrected chi connectivity index (χ2v) is 1.72. The molecule has 0 aromatic heterocycles. The van der Waals surface area contributed by atoms with Crippen LogP contribution in [0, 0.1) is 0 Å². The Morgan fingerprint density at radius 3 is 2.78 bits per heavy atom. The number of hydrogen-bond acceptors (Lipinski definition) is 4. The minimum atomic E-state index is -0.526. The number of aliphatic hydroxyl groups excluding tert-OH is 2. The van der Waals surface area contributed by atoms with E-state index >= 15 is 0 Å². The first kappa shape index (κ1) is 8.84. The van der Waals surface area contributed by atoms with Gasteiger partial charge < -0.3 is 14.9 Å². The monoisotopic (exact) mass is 135 g/mol. The van der Waals surface area contributed by atoms with Crippen molar-refractivity contribution in [2.75, 3.05) is 27.0 Å². The summed E-state index contributed by atoms with van der Waals surface area (Å²) >= 11 is 0. The Kier molecular flexibility index (Phi) is 5.86. The normalized spacial score (nSPS) is 13.7. The lowest BCUT2D eigenvalue weighted by Crippen LogP contribution is -2.30. The minimum Gasteiger partial charge on any atom is -0.389 e. The molecule has 0 rings (SSSR count). The fourth-order valence-corrected chi connectivity index (χ4v) is 0.482. The lowest BCUT2D eigenvalue weighted by molar-refractivity contribution is 0.0599. The van der Waals surface area contributed by atoms with Crippen LogP contribution >= 0.6 is 0 Å². The quantitative estimate of drug-likeness (QED) is 0.403. The molecule has 4 nitrogen and oxygen atoms in total. The maximum atomic E-state index is 8.88. The summed E-state index contributed by atoms with van der Waals surface area (Å²) in [6.07, 6.45) is -0.526. The van der Waals surface area contributed by atoms with E-state index in [0.717, 1.165) is 0 Å². The van der Waals surface area contributed by atoms with Crippen LogP contribution < -0.4 is 5.32 Å². The van der Waals surface area contributed by atoms with Gasteiger partial charge in [0.05, 0.1) is 19.4 Å². The third-order valence-corrected chi connectivity index (χ3v) is 0.851. The molecule has 0 bridgehead atoms. The summed E-state index contributed by atoms with van der Waals surface area (Å²) in [5.74, 6) is 0. The first-order chi connectivity index (χ1) is 4.31. The minimum absolute atomic E-state index is 0.110. The molecule has 0 aliphatic rings. The van der Waals surface area contributed by atoms with Crippen molar-refractivity contribution >= 4 is 0 Å². The third-order valence-electron chi connectivity index (χ3n) is 0.851. The Labute approximate surface area is 54.5 Å². The summed E-state index contributed by atoms with van der Waals surface area (Å²) in [5.41, 5.74) is 0. The van der Waals surface area contributed by atoms with Crippen molar-refractivity contribution in [1.82, 2.24) is 5.32 Å². The first-order valence-corrected chi connectivity index (χ1v) is 2.79.